The van der Waals surface area contributed by atoms with Crippen LogP contribution in [0.5, 0.6) is 0 Å². The van der Waals surface area contributed by atoms with Gasteiger partial charge in [-0.3, -0.25) is 14.4 Å². The first-order valence-electron chi connectivity index (χ1n) is 9.11. The monoisotopic (exact) mass is 491 g/mol. The Hall–Kier alpha value is -3.21. The second-order valence-corrected chi connectivity index (χ2v) is 9.63. The van der Waals surface area contributed by atoms with Gasteiger partial charge in [0.1, 0.15) is 4.88 Å². The van der Waals surface area contributed by atoms with Gasteiger partial charge >= 0.3 is 5.97 Å². The molecule has 0 spiro atoms. The highest BCUT2D eigenvalue weighted by Gasteiger charge is 2.25. The van der Waals surface area contributed by atoms with Gasteiger partial charge in [-0.15, -0.1) is 6.58 Å². The molecule has 0 aliphatic rings. The van der Waals surface area contributed by atoms with E-state index >= 15 is 0 Å². The molecule has 11 heteroatoms. The van der Waals surface area contributed by atoms with E-state index in [1.807, 2.05) is 0 Å². The summed E-state index contributed by atoms with van der Waals surface area (Å²) < 4.78 is 32.4. The number of rotatable bonds is 8. The lowest BCUT2D eigenvalue weighted by atomic mass is 10.2. The summed E-state index contributed by atoms with van der Waals surface area (Å²) in [5.41, 5.74) is 0.512. The molecule has 1 N–H and O–H groups in total. The maximum Gasteiger partial charge on any atom is 0.349 e. The number of anilines is 2. The van der Waals surface area contributed by atoms with Gasteiger partial charge in [0.25, 0.3) is 15.9 Å². The highest BCUT2D eigenvalue weighted by Crippen LogP contribution is 2.26. The van der Waals surface area contributed by atoms with Gasteiger partial charge in [-0.05, 0) is 42.5 Å². The molecule has 0 aliphatic carbocycles. The van der Waals surface area contributed by atoms with E-state index in [0.29, 0.717) is 10.7 Å². The quantitative estimate of drug-likeness (QED) is 0.373. The summed E-state index contributed by atoms with van der Waals surface area (Å²) in [4.78, 5) is 28.3. The summed E-state index contributed by atoms with van der Waals surface area (Å²) in [7, 11) is -2.76. The van der Waals surface area contributed by atoms with Crippen molar-refractivity contribution in [2.24, 2.45) is 0 Å². The first-order chi connectivity index (χ1) is 15.3. The van der Waals surface area contributed by atoms with Crippen LogP contribution in [0, 0.1) is 0 Å². The third-order valence-electron chi connectivity index (χ3n) is 4.21. The molecule has 0 aliphatic heterocycles. The Kier molecular flexibility index (Phi) is 7.29. The van der Waals surface area contributed by atoms with Gasteiger partial charge < -0.3 is 4.74 Å². The van der Waals surface area contributed by atoms with Crippen molar-refractivity contribution in [3.05, 3.63) is 82.8 Å². The van der Waals surface area contributed by atoms with Crippen LogP contribution in [0.3, 0.4) is 0 Å². The van der Waals surface area contributed by atoms with Crippen molar-refractivity contribution in [3.8, 4) is 0 Å². The minimum atomic E-state index is -4.00. The van der Waals surface area contributed by atoms with Crippen molar-refractivity contribution in [2.75, 3.05) is 23.3 Å². The van der Waals surface area contributed by atoms with Crippen LogP contribution in [0.15, 0.2) is 72.3 Å². The van der Waals surface area contributed by atoms with Crippen LogP contribution < -0.4 is 9.62 Å². The van der Waals surface area contributed by atoms with Crippen LogP contribution in [0.4, 0.5) is 10.8 Å². The van der Waals surface area contributed by atoms with Crippen LogP contribution in [0.1, 0.15) is 20.0 Å². The lowest BCUT2D eigenvalue weighted by molar-refractivity contribution is 0.0606. The lowest BCUT2D eigenvalue weighted by Gasteiger charge is -2.23. The number of aromatic nitrogens is 1. The number of carbonyl (C=O) groups excluding carboxylic acids is 2. The van der Waals surface area contributed by atoms with E-state index in [2.05, 4.69) is 21.6 Å². The molecule has 0 saturated heterocycles. The third kappa shape index (κ3) is 5.16. The normalized spacial score (nSPS) is 10.9. The van der Waals surface area contributed by atoms with Crippen molar-refractivity contribution in [3.63, 3.8) is 0 Å². The van der Waals surface area contributed by atoms with E-state index in [-0.39, 0.29) is 27.0 Å². The highest BCUT2D eigenvalue weighted by atomic mass is 35.5. The first kappa shape index (κ1) is 23.5. The highest BCUT2D eigenvalue weighted by molar-refractivity contribution is 7.92. The van der Waals surface area contributed by atoms with Crippen molar-refractivity contribution < 1.29 is 22.7 Å². The average Bonchev–Trinajstić information content (AvgIpc) is 3.26. The zero-order chi connectivity index (χ0) is 23.3. The van der Waals surface area contributed by atoms with Gasteiger partial charge in [0.15, 0.2) is 5.13 Å². The molecule has 0 bridgehead atoms. The predicted molar refractivity (Wildman–Crippen MR) is 124 cm³/mol. The Labute approximate surface area is 194 Å². The molecule has 3 rings (SSSR count). The van der Waals surface area contributed by atoms with Gasteiger partial charge in [0.2, 0.25) is 0 Å². The average molecular weight is 492 g/mol. The molecule has 3 aromatic rings. The zero-order valence-corrected chi connectivity index (χ0v) is 19.2. The molecule has 2 aromatic carbocycles. The Morgan fingerprint density at radius 1 is 1.25 bits per heavy atom. The number of hydrogen-bond acceptors (Lipinski definition) is 7. The molecule has 0 saturated carbocycles. The standard InChI is InChI=1S/C21H18ClN3O5S2/c1-3-11-25(16-9-7-15(22)8-10-16)32(28,29)17-6-4-5-14(12-17)19(26)24-21-23-13-18(31-21)20(27)30-2/h3-10,12-13H,1,11H2,2H3,(H,23,24,26). The van der Waals surface area contributed by atoms with E-state index in [1.54, 1.807) is 24.3 Å². The van der Waals surface area contributed by atoms with Crippen LogP contribution >= 0.6 is 22.9 Å². The summed E-state index contributed by atoms with van der Waals surface area (Å²) in [6.07, 6.45) is 2.75. The number of carbonyl (C=O) groups is 2. The number of nitrogens with zero attached hydrogens (tertiary/aromatic N) is 2. The van der Waals surface area contributed by atoms with Crippen molar-refractivity contribution in [1.29, 1.82) is 0 Å². The Bertz CT molecular complexity index is 1260. The molecule has 166 valence electrons. The summed E-state index contributed by atoms with van der Waals surface area (Å²) in [5.74, 6) is -1.14. The smallest absolute Gasteiger partial charge is 0.349 e. The van der Waals surface area contributed by atoms with Crippen LogP contribution in [-0.2, 0) is 14.8 Å². The Balaban J connectivity index is 1.88. The van der Waals surface area contributed by atoms with Crippen LogP contribution in [0.25, 0.3) is 0 Å². The number of thiazole rings is 1. The minimum Gasteiger partial charge on any atom is -0.465 e. The second-order valence-electron chi connectivity index (χ2n) is 6.30. The fraction of sp³-hybridized carbons (Fsp3) is 0.0952. The number of esters is 1. The number of sulfonamides is 1. The molecule has 8 nitrogen and oxygen atoms in total. The van der Waals surface area contributed by atoms with Gasteiger partial charge in [0.05, 0.1) is 30.4 Å². The SMILES string of the molecule is C=CCN(c1ccc(Cl)cc1)S(=O)(=O)c1cccc(C(=O)Nc2ncc(C(=O)OC)s2)c1. The first-order valence-corrected chi connectivity index (χ1v) is 11.7. The summed E-state index contributed by atoms with van der Waals surface area (Å²) in [5, 5.41) is 3.20. The number of nitrogens with one attached hydrogen (secondary N) is 1. The number of amides is 1. The van der Waals surface area contributed by atoms with Gasteiger partial charge in [0, 0.05) is 10.6 Å². The number of benzene rings is 2. The molecular formula is C21H18ClN3O5S2. The molecular weight excluding hydrogens is 474 g/mol. The second kappa shape index (κ2) is 9.94. The largest absolute Gasteiger partial charge is 0.465 e. The minimum absolute atomic E-state index is 0.0236. The van der Waals surface area contributed by atoms with E-state index in [9.17, 15) is 18.0 Å². The van der Waals surface area contributed by atoms with Gasteiger partial charge in [-0.25, -0.2) is 18.2 Å². The topological polar surface area (TPSA) is 106 Å². The number of halogens is 1. The lowest BCUT2D eigenvalue weighted by Crippen LogP contribution is -2.31. The van der Waals surface area contributed by atoms with Crippen LogP contribution in [-0.4, -0.2) is 38.9 Å². The van der Waals surface area contributed by atoms with Gasteiger partial charge in [-0.1, -0.05) is 35.1 Å². The molecule has 32 heavy (non-hydrogen) atoms. The molecule has 0 atom stereocenters. The maximum absolute atomic E-state index is 13.3. The van der Waals surface area contributed by atoms with E-state index in [0.717, 1.165) is 15.6 Å². The molecule has 1 amide bonds. The summed E-state index contributed by atoms with van der Waals surface area (Å²) in [6, 6.07) is 12.0. The predicted octanol–water partition coefficient (Wildman–Crippen LogP) is 4.22. The fourth-order valence-corrected chi connectivity index (χ4v) is 5.03. The molecule has 1 heterocycles. The maximum atomic E-state index is 13.3. The van der Waals surface area contributed by atoms with Crippen LogP contribution in [0.2, 0.25) is 5.02 Å². The van der Waals surface area contributed by atoms with Crippen molar-refractivity contribution in [2.45, 2.75) is 4.90 Å². The molecule has 0 fully saturated rings. The Morgan fingerprint density at radius 2 is 1.97 bits per heavy atom. The summed E-state index contributed by atoms with van der Waals surface area (Å²) in [6.45, 7) is 3.65. The molecule has 0 unspecified atom stereocenters. The Morgan fingerprint density at radius 3 is 2.62 bits per heavy atom. The third-order valence-corrected chi connectivity index (χ3v) is 7.14. The van der Waals surface area contributed by atoms with E-state index < -0.39 is 21.9 Å². The number of ether oxygens (including phenoxy) is 1. The van der Waals surface area contributed by atoms with E-state index in [1.165, 1.54) is 43.6 Å². The van der Waals surface area contributed by atoms with Gasteiger partial charge in [-0.2, -0.15) is 0 Å². The fourth-order valence-electron chi connectivity index (χ4n) is 2.69. The number of hydrogen-bond donors (Lipinski definition) is 1. The van der Waals surface area contributed by atoms with Crippen molar-refractivity contribution in [1.82, 2.24) is 4.98 Å². The summed E-state index contributed by atoms with van der Waals surface area (Å²) >= 11 is 6.85. The molecule has 0 radical (unpaired) electrons. The zero-order valence-electron chi connectivity index (χ0n) is 16.8. The van der Waals surface area contributed by atoms with E-state index in [4.69, 9.17) is 11.6 Å². The van der Waals surface area contributed by atoms with Crippen molar-refractivity contribution >= 4 is 55.7 Å². The number of methoxy groups -OCH3 is 1. The molecule has 1 aromatic heterocycles.